The van der Waals surface area contributed by atoms with Crippen LogP contribution < -0.4 is 5.32 Å². The number of hydrogen-bond acceptors (Lipinski definition) is 3. The van der Waals surface area contributed by atoms with E-state index in [4.69, 9.17) is 0 Å². The predicted octanol–water partition coefficient (Wildman–Crippen LogP) is 2.76. The molecule has 0 bridgehead atoms. The highest BCUT2D eigenvalue weighted by Crippen LogP contribution is 2.40. The molecule has 0 radical (unpaired) electrons. The quantitative estimate of drug-likeness (QED) is 0.907. The maximum atomic E-state index is 12.5. The maximum absolute atomic E-state index is 12.5. The monoisotopic (exact) mass is 264 g/mol. The number of hydrogen-bond donors (Lipinski definition) is 1. The Bertz CT molecular complexity index is 427. The lowest BCUT2D eigenvalue weighted by Crippen LogP contribution is -2.39. The van der Waals surface area contributed by atoms with Crippen LogP contribution in [0.5, 0.6) is 0 Å². The van der Waals surface area contributed by atoms with Gasteiger partial charge in [0.15, 0.2) is 0 Å². The third-order valence-electron chi connectivity index (χ3n) is 4.15. The minimum atomic E-state index is -0.00157. The highest BCUT2D eigenvalue weighted by Gasteiger charge is 2.45. The number of nitrogens with zero attached hydrogens (tertiary/aromatic N) is 1. The van der Waals surface area contributed by atoms with Crippen LogP contribution in [-0.4, -0.2) is 22.9 Å². The highest BCUT2D eigenvalue weighted by molar-refractivity contribution is 7.10. The third-order valence-corrected chi connectivity index (χ3v) is 5.08. The Morgan fingerprint density at radius 2 is 2.33 bits per heavy atom. The van der Waals surface area contributed by atoms with E-state index in [9.17, 15) is 4.79 Å². The smallest absolute Gasteiger partial charge is 0.241 e. The Balaban J connectivity index is 1.87. The molecule has 3 atom stereocenters. The summed E-state index contributed by atoms with van der Waals surface area (Å²) in [5, 5.41) is 5.58. The van der Waals surface area contributed by atoms with Gasteiger partial charge in [0, 0.05) is 10.9 Å². The van der Waals surface area contributed by atoms with E-state index in [1.54, 1.807) is 11.3 Å². The second-order valence-electron chi connectivity index (χ2n) is 5.37. The van der Waals surface area contributed by atoms with Crippen LogP contribution in [0.3, 0.4) is 0 Å². The maximum Gasteiger partial charge on any atom is 0.241 e. The van der Waals surface area contributed by atoms with Crippen molar-refractivity contribution in [2.75, 3.05) is 0 Å². The summed E-state index contributed by atoms with van der Waals surface area (Å²) in [4.78, 5) is 15.8. The number of carbonyl (C=O) groups excluding carboxylic acids is 1. The number of nitrogens with one attached hydrogen (secondary N) is 1. The Morgan fingerprint density at radius 1 is 1.56 bits per heavy atom. The first-order valence-electron chi connectivity index (χ1n) is 6.84. The molecule has 2 fully saturated rings. The van der Waals surface area contributed by atoms with Crippen LogP contribution in [0.4, 0.5) is 0 Å². The van der Waals surface area contributed by atoms with Crippen LogP contribution in [0.15, 0.2) is 17.5 Å². The highest BCUT2D eigenvalue weighted by atomic mass is 32.1. The largest absolute Gasteiger partial charge is 0.318 e. The second kappa shape index (κ2) is 4.67. The summed E-state index contributed by atoms with van der Waals surface area (Å²) in [6.07, 6.45) is 3.52. The first-order chi connectivity index (χ1) is 8.72. The van der Waals surface area contributed by atoms with Crippen molar-refractivity contribution in [2.45, 2.75) is 51.4 Å². The minimum absolute atomic E-state index is 0.00157. The van der Waals surface area contributed by atoms with E-state index in [2.05, 4.69) is 41.6 Å². The molecule has 3 unspecified atom stereocenters. The fourth-order valence-electron chi connectivity index (χ4n) is 2.85. The van der Waals surface area contributed by atoms with Crippen molar-refractivity contribution in [1.29, 1.82) is 0 Å². The molecule has 1 aliphatic heterocycles. The molecule has 1 saturated carbocycles. The van der Waals surface area contributed by atoms with E-state index in [1.807, 2.05) is 0 Å². The molecule has 3 rings (SSSR count). The van der Waals surface area contributed by atoms with E-state index in [1.165, 1.54) is 17.7 Å². The Labute approximate surface area is 112 Å². The second-order valence-corrected chi connectivity index (χ2v) is 6.35. The van der Waals surface area contributed by atoms with Gasteiger partial charge in [0.1, 0.15) is 6.17 Å². The van der Waals surface area contributed by atoms with Crippen molar-refractivity contribution in [1.82, 2.24) is 10.2 Å². The fourth-order valence-corrected chi connectivity index (χ4v) is 3.63. The molecule has 18 heavy (non-hydrogen) atoms. The lowest BCUT2D eigenvalue weighted by Gasteiger charge is -2.30. The predicted molar refractivity (Wildman–Crippen MR) is 73.3 cm³/mol. The zero-order valence-corrected chi connectivity index (χ0v) is 11.7. The van der Waals surface area contributed by atoms with Crippen molar-refractivity contribution in [3.8, 4) is 0 Å². The van der Waals surface area contributed by atoms with E-state index >= 15 is 0 Å². The molecule has 2 aliphatic rings. The van der Waals surface area contributed by atoms with Gasteiger partial charge in [-0.05, 0) is 43.6 Å². The van der Waals surface area contributed by atoms with Gasteiger partial charge in [-0.2, -0.15) is 0 Å². The molecule has 1 N–H and O–H groups in total. The summed E-state index contributed by atoms with van der Waals surface area (Å²) >= 11 is 1.73. The molecule has 1 aliphatic carbocycles. The van der Waals surface area contributed by atoms with Gasteiger partial charge < -0.3 is 4.90 Å². The Kier molecular flexibility index (Phi) is 3.16. The third kappa shape index (κ3) is 1.97. The average molecular weight is 264 g/mol. The van der Waals surface area contributed by atoms with Crippen molar-refractivity contribution in [2.24, 2.45) is 5.92 Å². The summed E-state index contributed by atoms with van der Waals surface area (Å²) in [5.41, 5.74) is 0. The van der Waals surface area contributed by atoms with Gasteiger partial charge in [-0.25, -0.2) is 0 Å². The fraction of sp³-hybridized carbons (Fsp3) is 0.643. The molecular formula is C14H20N2OS. The van der Waals surface area contributed by atoms with E-state index in [0.717, 1.165) is 6.42 Å². The van der Waals surface area contributed by atoms with Gasteiger partial charge in [-0.3, -0.25) is 10.1 Å². The normalized spacial score (nSPS) is 29.9. The molecule has 1 aromatic heterocycles. The number of carbonyl (C=O) groups is 1. The lowest BCUT2D eigenvalue weighted by atomic mass is 10.1. The molecule has 2 heterocycles. The van der Waals surface area contributed by atoms with Crippen molar-refractivity contribution < 1.29 is 4.79 Å². The number of amides is 1. The Morgan fingerprint density at radius 3 is 2.89 bits per heavy atom. The van der Waals surface area contributed by atoms with Crippen molar-refractivity contribution >= 4 is 17.2 Å². The number of rotatable bonds is 4. The standard InChI is InChI=1S/C14H20N2OS/c1-3-11-14(17)16(9(2)10-6-7-10)13(15-11)12-5-4-8-18-12/h4-5,8-11,13,15H,3,6-7H2,1-2H3. The van der Waals surface area contributed by atoms with Gasteiger partial charge in [0.2, 0.25) is 5.91 Å². The van der Waals surface area contributed by atoms with Gasteiger partial charge in [0.25, 0.3) is 0 Å². The van der Waals surface area contributed by atoms with Gasteiger partial charge in [-0.15, -0.1) is 11.3 Å². The molecule has 3 nitrogen and oxygen atoms in total. The zero-order valence-electron chi connectivity index (χ0n) is 10.9. The first-order valence-corrected chi connectivity index (χ1v) is 7.72. The molecule has 1 amide bonds. The van der Waals surface area contributed by atoms with Crippen LogP contribution in [0.25, 0.3) is 0 Å². The average Bonchev–Trinajstić information content (AvgIpc) is 2.97. The summed E-state index contributed by atoms with van der Waals surface area (Å²) in [6, 6.07) is 4.55. The van der Waals surface area contributed by atoms with E-state index < -0.39 is 0 Å². The summed E-state index contributed by atoms with van der Waals surface area (Å²) < 4.78 is 0. The van der Waals surface area contributed by atoms with Gasteiger partial charge in [0.05, 0.1) is 6.04 Å². The van der Waals surface area contributed by atoms with E-state index in [-0.39, 0.29) is 18.1 Å². The van der Waals surface area contributed by atoms with E-state index in [0.29, 0.717) is 12.0 Å². The van der Waals surface area contributed by atoms with Crippen LogP contribution in [-0.2, 0) is 4.79 Å². The topological polar surface area (TPSA) is 32.3 Å². The molecule has 98 valence electrons. The first kappa shape index (κ1) is 12.2. The summed E-state index contributed by atoms with van der Waals surface area (Å²) in [5.74, 6) is 1.00. The van der Waals surface area contributed by atoms with Crippen LogP contribution in [0.1, 0.15) is 44.2 Å². The Hall–Kier alpha value is -0.870. The molecule has 0 spiro atoms. The zero-order chi connectivity index (χ0) is 12.7. The minimum Gasteiger partial charge on any atom is -0.318 e. The number of thiophene rings is 1. The van der Waals surface area contributed by atoms with Crippen molar-refractivity contribution in [3.63, 3.8) is 0 Å². The van der Waals surface area contributed by atoms with Crippen LogP contribution in [0, 0.1) is 5.92 Å². The summed E-state index contributed by atoms with van der Waals surface area (Å²) in [6.45, 7) is 4.28. The molecular weight excluding hydrogens is 244 g/mol. The van der Waals surface area contributed by atoms with Crippen LogP contribution >= 0.6 is 11.3 Å². The molecule has 1 aromatic rings. The molecule has 0 aromatic carbocycles. The van der Waals surface area contributed by atoms with Crippen molar-refractivity contribution in [3.05, 3.63) is 22.4 Å². The molecule has 4 heteroatoms. The molecule has 1 saturated heterocycles. The lowest BCUT2D eigenvalue weighted by molar-refractivity contribution is -0.132. The van der Waals surface area contributed by atoms with Gasteiger partial charge >= 0.3 is 0 Å². The summed E-state index contributed by atoms with van der Waals surface area (Å²) in [7, 11) is 0. The SMILES string of the molecule is CCC1NC(c2cccs2)N(C(C)C2CC2)C1=O. The van der Waals surface area contributed by atoms with Gasteiger partial charge in [-0.1, -0.05) is 13.0 Å². The van der Waals surface area contributed by atoms with Crippen LogP contribution in [0.2, 0.25) is 0 Å².